The molecule has 2 heterocycles. The van der Waals surface area contributed by atoms with Crippen molar-refractivity contribution in [3.05, 3.63) is 0 Å². The van der Waals surface area contributed by atoms with Crippen LogP contribution in [0.5, 0.6) is 0 Å². The summed E-state index contributed by atoms with van der Waals surface area (Å²) in [6.45, 7) is 16.8. The van der Waals surface area contributed by atoms with Crippen LogP contribution in [-0.2, 0) is 0 Å². The number of likely N-dealkylation sites (N-methyl/N-ethyl adjacent to an activating group) is 1. The molecule has 2 aliphatic heterocycles. The molecule has 132 valence electrons. The number of unbranched alkanes of at least 4 members (excludes halogenated alkanes) is 1. The maximum atomic E-state index is 12.2. The zero-order valence-corrected chi connectivity index (χ0v) is 15.2. The van der Waals surface area contributed by atoms with Crippen molar-refractivity contribution in [2.24, 2.45) is 17.3 Å². The average molecular weight is 322 g/mol. The Labute approximate surface area is 141 Å². The van der Waals surface area contributed by atoms with Gasteiger partial charge in [0.05, 0.1) is 0 Å². The molecule has 0 aromatic carbocycles. The number of fused-ring (bicyclic) bond motifs is 1. The lowest BCUT2D eigenvalue weighted by Crippen LogP contribution is -2.46. The standard InChI is InChI=1S/C18H34N4O/c1-4-20-9-11-21(12-10-20)8-6-5-7-19-17(23)22-13-15-16(14-22)18(15,2)3/h15-16H,4-14H2,1-3H3,(H,19,23)/t15-,16+. The van der Waals surface area contributed by atoms with Gasteiger partial charge in [-0.25, -0.2) is 4.79 Å². The minimum Gasteiger partial charge on any atom is -0.338 e. The van der Waals surface area contributed by atoms with Gasteiger partial charge in [0.15, 0.2) is 0 Å². The summed E-state index contributed by atoms with van der Waals surface area (Å²) in [6.07, 6.45) is 2.27. The van der Waals surface area contributed by atoms with Gasteiger partial charge in [0.1, 0.15) is 0 Å². The first-order valence-corrected chi connectivity index (χ1v) is 9.50. The monoisotopic (exact) mass is 322 g/mol. The molecule has 3 fully saturated rings. The smallest absolute Gasteiger partial charge is 0.317 e. The third kappa shape index (κ3) is 3.82. The van der Waals surface area contributed by atoms with Crippen molar-refractivity contribution in [3.63, 3.8) is 0 Å². The van der Waals surface area contributed by atoms with Gasteiger partial charge in [0.2, 0.25) is 0 Å². The minimum atomic E-state index is 0.157. The Hall–Kier alpha value is -0.810. The van der Waals surface area contributed by atoms with Crippen LogP contribution in [-0.4, -0.2) is 79.6 Å². The molecule has 1 saturated carbocycles. The van der Waals surface area contributed by atoms with Gasteiger partial charge in [0, 0.05) is 45.8 Å². The number of amides is 2. The van der Waals surface area contributed by atoms with Crippen LogP contribution >= 0.6 is 0 Å². The summed E-state index contributed by atoms with van der Waals surface area (Å²) < 4.78 is 0. The molecule has 0 aromatic heterocycles. The molecule has 2 amide bonds. The molecule has 0 radical (unpaired) electrons. The largest absolute Gasteiger partial charge is 0.338 e. The number of hydrogen-bond acceptors (Lipinski definition) is 3. The summed E-state index contributed by atoms with van der Waals surface area (Å²) >= 11 is 0. The van der Waals surface area contributed by atoms with E-state index in [-0.39, 0.29) is 6.03 Å². The van der Waals surface area contributed by atoms with E-state index in [1.807, 2.05) is 4.90 Å². The molecular formula is C18H34N4O. The molecule has 2 saturated heterocycles. The van der Waals surface area contributed by atoms with Crippen molar-refractivity contribution in [1.29, 1.82) is 0 Å². The molecule has 23 heavy (non-hydrogen) atoms. The zero-order valence-electron chi connectivity index (χ0n) is 15.2. The van der Waals surface area contributed by atoms with Crippen LogP contribution in [0, 0.1) is 17.3 Å². The number of piperidine rings is 1. The molecule has 0 bridgehead atoms. The fourth-order valence-corrected chi connectivity index (χ4v) is 4.39. The van der Waals surface area contributed by atoms with Gasteiger partial charge in [0.25, 0.3) is 0 Å². The lowest BCUT2D eigenvalue weighted by Gasteiger charge is -2.34. The van der Waals surface area contributed by atoms with E-state index in [1.54, 1.807) is 0 Å². The van der Waals surface area contributed by atoms with Gasteiger partial charge in [-0.05, 0) is 43.2 Å². The van der Waals surface area contributed by atoms with Crippen LogP contribution in [0.15, 0.2) is 0 Å². The highest BCUT2D eigenvalue weighted by molar-refractivity contribution is 5.74. The summed E-state index contributed by atoms with van der Waals surface area (Å²) in [5.74, 6) is 1.49. The highest BCUT2D eigenvalue weighted by Crippen LogP contribution is 2.61. The molecule has 0 unspecified atom stereocenters. The Morgan fingerprint density at radius 1 is 1.04 bits per heavy atom. The second-order valence-electron chi connectivity index (χ2n) is 8.15. The fourth-order valence-electron chi connectivity index (χ4n) is 4.39. The summed E-state index contributed by atoms with van der Waals surface area (Å²) in [7, 11) is 0. The van der Waals surface area contributed by atoms with Gasteiger partial charge in [-0.2, -0.15) is 0 Å². The molecule has 0 aromatic rings. The van der Waals surface area contributed by atoms with Gasteiger partial charge >= 0.3 is 6.03 Å². The Morgan fingerprint density at radius 2 is 1.65 bits per heavy atom. The first-order chi connectivity index (χ1) is 11.0. The maximum Gasteiger partial charge on any atom is 0.317 e. The first-order valence-electron chi connectivity index (χ1n) is 9.50. The molecule has 5 nitrogen and oxygen atoms in total. The normalized spacial score (nSPS) is 30.3. The third-order valence-corrected chi connectivity index (χ3v) is 6.50. The topological polar surface area (TPSA) is 38.8 Å². The summed E-state index contributed by atoms with van der Waals surface area (Å²) in [5, 5.41) is 3.11. The van der Waals surface area contributed by atoms with E-state index < -0.39 is 0 Å². The van der Waals surface area contributed by atoms with E-state index >= 15 is 0 Å². The Kier molecular flexibility index (Phi) is 5.16. The van der Waals surface area contributed by atoms with Crippen LogP contribution < -0.4 is 5.32 Å². The summed E-state index contributed by atoms with van der Waals surface area (Å²) in [4.78, 5) is 19.2. The SMILES string of the molecule is CCN1CCN(CCCCNC(=O)N2C[C@@H]3[C@H](C2)C3(C)C)CC1. The number of urea groups is 1. The molecule has 2 atom stereocenters. The number of carbonyl (C=O) groups is 1. The lowest BCUT2D eigenvalue weighted by molar-refractivity contribution is 0.135. The third-order valence-electron chi connectivity index (χ3n) is 6.50. The molecule has 3 rings (SSSR count). The predicted octanol–water partition coefficient (Wildman–Crippen LogP) is 1.70. The predicted molar refractivity (Wildman–Crippen MR) is 93.5 cm³/mol. The van der Waals surface area contributed by atoms with Crippen molar-refractivity contribution >= 4 is 6.03 Å². The minimum absolute atomic E-state index is 0.157. The Morgan fingerprint density at radius 3 is 2.26 bits per heavy atom. The molecule has 3 aliphatic rings. The van der Waals surface area contributed by atoms with E-state index in [0.717, 1.165) is 37.9 Å². The summed E-state index contributed by atoms with van der Waals surface area (Å²) in [5.41, 5.74) is 0.485. The molecule has 1 N–H and O–H groups in total. The van der Waals surface area contributed by atoms with Crippen molar-refractivity contribution in [2.75, 3.05) is 58.9 Å². The lowest BCUT2D eigenvalue weighted by atomic mass is 10.1. The van der Waals surface area contributed by atoms with Crippen LogP contribution in [0.4, 0.5) is 4.79 Å². The number of carbonyl (C=O) groups excluding carboxylic acids is 1. The highest BCUT2D eigenvalue weighted by atomic mass is 16.2. The van der Waals surface area contributed by atoms with E-state index in [1.165, 1.54) is 45.7 Å². The van der Waals surface area contributed by atoms with E-state index in [9.17, 15) is 4.79 Å². The number of piperazine rings is 1. The van der Waals surface area contributed by atoms with Crippen molar-refractivity contribution < 1.29 is 4.79 Å². The van der Waals surface area contributed by atoms with E-state index in [0.29, 0.717) is 5.41 Å². The van der Waals surface area contributed by atoms with Crippen molar-refractivity contribution in [1.82, 2.24) is 20.0 Å². The fraction of sp³-hybridized carbons (Fsp3) is 0.944. The van der Waals surface area contributed by atoms with Crippen molar-refractivity contribution in [2.45, 2.75) is 33.6 Å². The second-order valence-corrected chi connectivity index (χ2v) is 8.15. The quantitative estimate of drug-likeness (QED) is 0.757. The van der Waals surface area contributed by atoms with Gasteiger partial charge < -0.3 is 20.0 Å². The van der Waals surface area contributed by atoms with Crippen molar-refractivity contribution in [3.8, 4) is 0 Å². The van der Waals surface area contributed by atoms with Crippen LogP contribution in [0.1, 0.15) is 33.6 Å². The van der Waals surface area contributed by atoms with Crippen LogP contribution in [0.25, 0.3) is 0 Å². The van der Waals surface area contributed by atoms with Gasteiger partial charge in [-0.1, -0.05) is 20.8 Å². The Bertz CT molecular complexity index is 403. The number of rotatable bonds is 6. The zero-order chi connectivity index (χ0) is 16.4. The maximum absolute atomic E-state index is 12.2. The van der Waals surface area contributed by atoms with E-state index in [4.69, 9.17) is 0 Å². The van der Waals surface area contributed by atoms with E-state index in [2.05, 4.69) is 35.9 Å². The molecular weight excluding hydrogens is 288 g/mol. The van der Waals surface area contributed by atoms with Crippen LogP contribution in [0.3, 0.4) is 0 Å². The number of likely N-dealkylation sites (tertiary alicyclic amines) is 1. The van der Waals surface area contributed by atoms with Gasteiger partial charge in [-0.15, -0.1) is 0 Å². The highest BCUT2D eigenvalue weighted by Gasteiger charge is 2.62. The molecule has 5 heteroatoms. The number of nitrogens with zero attached hydrogens (tertiary/aromatic N) is 3. The number of hydrogen-bond donors (Lipinski definition) is 1. The van der Waals surface area contributed by atoms with Gasteiger partial charge in [-0.3, -0.25) is 0 Å². The summed E-state index contributed by atoms with van der Waals surface area (Å²) in [6, 6.07) is 0.157. The molecule has 0 spiro atoms. The molecule has 1 aliphatic carbocycles. The van der Waals surface area contributed by atoms with Crippen LogP contribution in [0.2, 0.25) is 0 Å². The number of nitrogens with one attached hydrogen (secondary N) is 1. The average Bonchev–Trinajstić information content (AvgIpc) is 2.93. The second kappa shape index (κ2) is 6.98. The first kappa shape index (κ1) is 17.0. The Balaban J connectivity index is 1.22.